The van der Waals surface area contributed by atoms with Gasteiger partial charge in [-0.1, -0.05) is 11.6 Å². The summed E-state index contributed by atoms with van der Waals surface area (Å²) < 4.78 is 11.3. The maximum atomic E-state index is 9.60. The minimum absolute atomic E-state index is 0.281. The van der Waals surface area contributed by atoms with Crippen LogP contribution in [0.4, 0.5) is 5.82 Å². The molecule has 1 aliphatic heterocycles. The Morgan fingerprint density at radius 3 is 2.61 bits per heavy atom. The molecule has 0 radical (unpaired) electrons. The Hall–Kier alpha value is -2.04. The number of pyridine rings is 1. The number of halogens is 1. The standard InChI is InChI=1S/C26H39ClN6O3/c1-17(11-18(2)34)31-19-3-5-20(6-4-19)32-24-12-21(22(27)13-30-24)23-14-29-15-25(33-23)36-16-26(28)7-9-35-10-8-26/h12-15,17-20,31,34H,3-11,16,28H2,1-2H3,(H,30,32)/t17-,18?,19-,20-/m1/s1. The maximum Gasteiger partial charge on any atom is 0.232 e. The summed E-state index contributed by atoms with van der Waals surface area (Å²) in [6, 6.07) is 3.07. The normalized spacial score (nSPS) is 23.6. The molecule has 1 saturated heterocycles. The number of anilines is 1. The Labute approximate surface area is 218 Å². The zero-order valence-electron chi connectivity index (χ0n) is 21.3. The van der Waals surface area contributed by atoms with Crippen LogP contribution in [-0.2, 0) is 4.74 Å². The van der Waals surface area contributed by atoms with Gasteiger partial charge in [-0.2, -0.15) is 0 Å². The van der Waals surface area contributed by atoms with E-state index in [9.17, 15) is 5.11 Å². The Morgan fingerprint density at radius 2 is 1.89 bits per heavy atom. The SMILES string of the molecule is CC(O)C[C@@H](C)N[C@H]1CC[C@H](Nc2cc(-c3cncc(OCC4(N)CCOCC4)n3)c(Cl)cn2)CC1. The smallest absolute Gasteiger partial charge is 0.232 e. The highest BCUT2D eigenvalue weighted by molar-refractivity contribution is 6.33. The van der Waals surface area contributed by atoms with E-state index in [1.54, 1.807) is 18.6 Å². The van der Waals surface area contributed by atoms with Gasteiger partial charge in [0.1, 0.15) is 12.4 Å². The summed E-state index contributed by atoms with van der Waals surface area (Å²) in [5.74, 6) is 1.19. The molecule has 3 heterocycles. The topological polar surface area (TPSA) is 127 Å². The van der Waals surface area contributed by atoms with Crippen molar-refractivity contribution in [1.29, 1.82) is 0 Å². The molecule has 5 N–H and O–H groups in total. The van der Waals surface area contributed by atoms with Crippen LogP contribution in [0.5, 0.6) is 5.88 Å². The second kappa shape index (κ2) is 12.5. The van der Waals surface area contributed by atoms with Crippen LogP contribution >= 0.6 is 11.6 Å². The molecule has 0 amide bonds. The number of aliphatic hydroxyl groups is 1. The van der Waals surface area contributed by atoms with Crippen LogP contribution < -0.4 is 21.1 Å². The molecule has 9 nitrogen and oxygen atoms in total. The van der Waals surface area contributed by atoms with Crippen LogP contribution in [0.1, 0.15) is 58.8 Å². The summed E-state index contributed by atoms with van der Waals surface area (Å²) in [6.45, 7) is 5.63. The van der Waals surface area contributed by atoms with Crippen molar-refractivity contribution in [3.05, 3.63) is 29.7 Å². The molecule has 4 rings (SSSR count). The van der Waals surface area contributed by atoms with Crippen molar-refractivity contribution >= 4 is 17.4 Å². The van der Waals surface area contributed by atoms with Gasteiger partial charge >= 0.3 is 0 Å². The second-order valence-corrected chi connectivity index (χ2v) is 10.8. The van der Waals surface area contributed by atoms with Crippen molar-refractivity contribution in [2.45, 2.75) is 88.6 Å². The fourth-order valence-electron chi connectivity index (χ4n) is 5.00. The first-order valence-electron chi connectivity index (χ1n) is 13.0. The predicted octanol–water partition coefficient (Wildman–Crippen LogP) is 3.55. The van der Waals surface area contributed by atoms with Crippen LogP contribution in [0.25, 0.3) is 11.3 Å². The molecule has 2 aliphatic rings. The maximum absolute atomic E-state index is 9.60. The van der Waals surface area contributed by atoms with E-state index in [-0.39, 0.29) is 6.10 Å². The lowest BCUT2D eigenvalue weighted by Gasteiger charge is -2.32. The Morgan fingerprint density at radius 1 is 1.17 bits per heavy atom. The fourth-order valence-corrected chi connectivity index (χ4v) is 5.20. The molecular weight excluding hydrogens is 480 g/mol. The first-order chi connectivity index (χ1) is 17.3. The molecule has 1 aliphatic carbocycles. The molecule has 0 aromatic carbocycles. The quantitative estimate of drug-likeness (QED) is 0.373. The number of aliphatic hydroxyl groups excluding tert-OH is 1. The number of nitrogens with one attached hydrogen (secondary N) is 2. The van der Waals surface area contributed by atoms with Crippen molar-refractivity contribution in [2.75, 3.05) is 25.1 Å². The van der Waals surface area contributed by atoms with Crippen LogP contribution in [-0.4, -0.2) is 69.6 Å². The van der Waals surface area contributed by atoms with Gasteiger partial charge in [0.2, 0.25) is 5.88 Å². The van der Waals surface area contributed by atoms with Gasteiger partial charge in [-0.05, 0) is 64.9 Å². The largest absolute Gasteiger partial charge is 0.475 e. The van der Waals surface area contributed by atoms with E-state index in [0.717, 1.165) is 56.3 Å². The summed E-state index contributed by atoms with van der Waals surface area (Å²) >= 11 is 6.49. The molecule has 2 atom stereocenters. The number of rotatable bonds is 10. The van der Waals surface area contributed by atoms with Gasteiger partial charge in [-0.25, -0.2) is 9.97 Å². The highest BCUT2D eigenvalue weighted by Crippen LogP contribution is 2.30. The van der Waals surface area contributed by atoms with E-state index in [1.165, 1.54) is 0 Å². The Bertz CT molecular complexity index is 980. The average molecular weight is 519 g/mol. The zero-order valence-corrected chi connectivity index (χ0v) is 22.0. The highest BCUT2D eigenvalue weighted by Gasteiger charge is 2.29. The lowest BCUT2D eigenvalue weighted by Crippen LogP contribution is -2.49. The fraction of sp³-hybridized carbons (Fsp3) is 0.654. The van der Waals surface area contributed by atoms with Gasteiger partial charge in [0.05, 0.1) is 34.8 Å². The van der Waals surface area contributed by atoms with Gasteiger partial charge in [0.15, 0.2) is 0 Å². The summed E-state index contributed by atoms with van der Waals surface area (Å²) in [4.78, 5) is 13.4. The third-order valence-corrected chi connectivity index (χ3v) is 7.34. The summed E-state index contributed by atoms with van der Waals surface area (Å²) in [5, 5.41) is 17.3. The van der Waals surface area contributed by atoms with E-state index in [0.29, 0.717) is 54.5 Å². The van der Waals surface area contributed by atoms with Crippen LogP contribution in [0.15, 0.2) is 24.7 Å². The molecule has 2 fully saturated rings. The van der Waals surface area contributed by atoms with Crippen LogP contribution in [0.3, 0.4) is 0 Å². The van der Waals surface area contributed by atoms with Gasteiger partial charge in [0.25, 0.3) is 0 Å². The predicted molar refractivity (Wildman–Crippen MR) is 141 cm³/mol. The number of hydrogen-bond donors (Lipinski definition) is 4. The van der Waals surface area contributed by atoms with E-state index in [2.05, 4.69) is 32.5 Å². The molecular formula is C26H39ClN6O3. The molecule has 10 heteroatoms. The molecule has 2 aromatic rings. The number of hydrogen-bond acceptors (Lipinski definition) is 9. The van der Waals surface area contributed by atoms with Crippen molar-refractivity contribution in [2.24, 2.45) is 5.73 Å². The van der Waals surface area contributed by atoms with E-state index in [1.807, 2.05) is 13.0 Å². The monoisotopic (exact) mass is 518 g/mol. The zero-order chi connectivity index (χ0) is 25.5. The summed E-state index contributed by atoms with van der Waals surface area (Å²) in [5.41, 5.74) is 7.40. The van der Waals surface area contributed by atoms with Crippen LogP contribution in [0.2, 0.25) is 5.02 Å². The molecule has 0 spiro atoms. The summed E-state index contributed by atoms with van der Waals surface area (Å²) in [6.07, 6.45) is 11.2. The van der Waals surface area contributed by atoms with Gasteiger partial charge < -0.3 is 30.9 Å². The second-order valence-electron chi connectivity index (χ2n) is 10.4. The third-order valence-electron chi connectivity index (χ3n) is 7.03. The van der Waals surface area contributed by atoms with Gasteiger partial charge in [-0.3, -0.25) is 4.98 Å². The lowest BCUT2D eigenvalue weighted by atomic mass is 9.90. The third kappa shape index (κ3) is 7.73. The molecule has 36 heavy (non-hydrogen) atoms. The molecule has 2 aromatic heterocycles. The van der Waals surface area contributed by atoms with Gasteiger partial charge in [-0.15, -0.1) is 0 Å². The van der Waals surface area contributed by atoms with E-state index < -0.39 is 5.54 Å². The lowest BCUT2D eigenvalue weighted by molar-refractivity contribution is 0.0335. The van der Waals surface area contributed by atoms with Crippen molar-refractivity contribution in [3.8, 4) is 17.1 Å². The van der Waals surface area contributed by atoms with Crippen LogP contribution in [0, 0.1) is 0 Å². The molecule has 198 valence electrons. The minimum Gasteiger partial charge on any atom is -0.475 e. The minimum atomic E-state index is -0.412. The van der Waals surface area contributed by atoms with E-state index in [4.69, 9.17) is 26.8 Å². The van der Waals surface area contributed by atoms with Crippen molar-refractivity contribution in [1.82, 2.24) is 20.3 Å². The summed E-state index contributed by atoms with van der Waals surface area (Å²) in [7, 11) is 0. The van der Waals surface area contributed by atoms with Crippen molar-refractivity contribution < 1.29 is 14.6 Å². The van der Waals surface area contributed by atoms with Crippen molar-refractivity contribution in [3.63, 3.8) is 0 Å². The van der Waals surface area contributed by atoms with Gasteiger partial charge in [0, 0.05) is 43.1 Å². The average Bonchev–Trinajstić information content (AvgIpc) is 2.85. The molecule has 1 saturated carbocycles. The molecule has 1 unspecified atom stereocenters. The number of nitrogens with two attached hydrogens (primary N) is 1. The Kier molecular flexibility index (Phi) is 9.35. The number of nitrogens with zero attached hydrogens (tertiary/aromatic N) is 3. The molecule has 0 bridgehead atoms. The number of ether oxygens (including phenoxy) is 2. The number of aromatic nitrogens is 3. The van der Waals surface area contributed by atoms with E-state index >= 15 is 0 Å². The Balaban J connectivity index is 1.34. The first kappa shape index (κ1) is 27.0. The first-order valence-corrected chi connectivity index (χ1v) is 13.4. The highest BCUT2D eigenvalue weighted by atomic mass is 35.5.